The Morgan fingerprint density at radius 1 is 1.20 bits per heavy atom. The summed E-state index contributed by atoms with van der Waals surface area (Å²) in [7, 11) is -3.86. The first-order valence-electron chi connectivity index (χ1n) is 11.7. The second-order valence-corrected chi connectivity index (χ2v) is 11.5. The van der Waals surface area contributed by atoms with E-state index in [1.807, 2.05) is 10.9 Å². The second kappa shape index (κ2) is 9.50. The molecule has 0 unspecified atom stereocenters. The van der Waals surface area contributed by atoms with Gasteiger partial charge >= 0.3 is 0 Å². The van der Waals surface area contributed by atoms with Gasteiger partial charge in [-0.15, -0.1) is 0 Å². The zero-order valence-electron chi connectivity index (χ0n) is 19.4. The van der Waals surface area contributed by atoms with Gasteiger partial charge in [-0.3, -0.25) is 0 Å². The van der Waals surface area contributed by atoms with Crippen molar-refractivity contribution in [1.29, 1.82) is 0 Å². The van der Waals surface area contributed by atoms with Gasteiger partial charge in [-0.1, -0.05) is 41.8 Å². The highest BCUT2D eigenvalue weighted by molar-refractivity contribution is 7.89. The Balaban J connectivity index is 1.43. The molecule has 2 atom stereocenters. The number of sulfonamides is 1. The van der Waals surface area contributed by atoms with Crippen LogP contribution in [0.4, 0.5) is 4.39 Å². The molecule has 2 aliphatic rings. The average molecular weight is 516 g/mol. The molecule has 1 heterocycles. The van der Waals surface area contributed by atoms with Crippen molar-refractivity contribution >= 4 is 21.6 Å². The van der Waals surface area contributed by atoms with E-state index in [1.165, 1.54) is 33.7 Å². The third kappa shape index (κ3) is 4.33. The highest BCUT2D eigenvalue weighted by atomic mass is 35.5. The van der Waals surface area contributed by atoms with Gasteiger partial charge < -0.3 is 5.11 Å². The molecular formula is C26H27ClFN3O3S. The molecule has 184 valence electrons. The van der Waals surface area contributed by atoms with Crippen molar-refractivity contribution in [1.82, 2.24) is 14.1 Å². The molecule has 0 spiro atoms. The van der Waals surface area contributed by atoms with Gasteiger partial charge in [0.2, 0.25) is 10.0 Å². The lowest BCUT2D eigenvalue weighted by atomic mass is 9.80. The van der Waals surface area contributed by atoms with E-state index in [0.29, 0.717) is 6.54 Å². The summed E-state index contributed by atoms with van der Waals surface area (Å²) in [6.07, 6.45) is 4.34. The molecule has 1 N–H and O–H groups in total. The first-order chi connectivity index (χ1) is 16.8. The van der Waals surface area contributed by atoms with Gasteiger partial charge in [0.25, 0.3) is 0 Å². The van der Waals surface area contributed by atoms with E-state index in [-0.39, 0.29) is 40.7 Å². The van der Waals surface area contributed by atoms with Gasteiger partial charge in [0.05, 0.1) is 29.2 Å². The SMILES string of the molecule is C[C@@H]1C2=C(CC[C@@H]2CN(CCO)S(=O)(=O)c2ccccc2Cl)Cc2c1cnn2-c1ccc(F)cc1. The Labute approximate surface area is 209 Å². The van der Waals surface area contributed by atoms with Gasteiger partial charge in [0.15, 0.2) is 0 Å². The molecular weight excluding hydrogens is 489 g/mol. The van der Waals surface area contributed by atoms with Crippen LogP contribution in [0.3, 0.4) is 0 Å². The van der Waals surface area contributed by atoms with Crippen molar-refractivity contribution in [3.63, 3.8) is 0 Å². The average Bonchev–Trinajstić information content (AvgIpc) is 3.44. The summed E-state index contributed by atoms with van der Waals surface area (Å²) in [6, 6.07) is 12.7. The first-order valence-corrected chi connectivity index (χ1v) is 13.5. The minimum absolute atomic E-state index is 0.00873. The van der Waals surface area contributed by atoms with Crippen LogP contribution < -0.4 is 0 Å². The molecule has 0 radical (unpaired) electrons. The molecule has 3 aromatic rings. The van der Waals surface area contributed by atoms with Crippen molar-refractivity contribution in [2.24, 2.45) is 5.92 Å². The van der Waals surface area contributed by atoms with Crippen LogP contribution in [0.15, 0.2) is 70.8 Å². The third-order valence-electron chi connectivity index (χ3n) is 7.16. The van der Waals surface area contributed by atoms with Crippen molar-refractivity contribution in [2.75, 3.05) is 19.7 Å². The lowest BCUT2D eigenvalue weighted by molar-refractivity contribution is 0.243. The zero-order chi connectivity index (χ0) is 24.7. The van der Waals surface area contributed by atoms with Gasteiger partial charge in [0.1, 0.15) is 10.7 Å². The van der Waals surface area contributed by atoms with E-state index in [2.05, 4.69) is 12.0 Å². The van der Waals surface area contributed by atoms with Crippen molar-refractivity contribution < 1.29 is 17.9 Å². The highest BCUT2D eigenvalue weighted by Crippen LogP contribution is 2.47. The summed E-state index contributed by atoms with van der Waals surface area (Å²) in [5, 5.41) is 14.4. The van der Waals surface area contributed by atoms with E-state index >= 15 is 0 Å². The molecule has 2 aliphatic carbocycles. The van der Waals surface area contributed by atoms with Crippen LogP contribution in [0.25, 0.3) is 5.69 Å². The van der Waals surface area contributed by atoms with Crippen LogP contribution in [-0.2, 0) is 16.4 Å². The minimum atomic E-state index is -3.86. The lowest BCUT2D eigenvalue weighted by Gasteiger charge is -2.30. The largest absolute Gasteiger partial charge is 0.395 e. The summed E-state index contributed by atoms with van der Waals surface area (Å²) >= 11 is 6.21. The Bertz CT molecular complexity index is 1390. The van der Waals surface area contributed by atoms with Gasteiger partial charge in [-0.2, -0.15) is 9.40 Å². The molecule has 0 saturated carbocycles. The number of halogens is 2. The summed E-state index contributed by atoms with van der Waals surface area (Å²) in [4.78, 5) is 0.0573. The molecule has 0 amide bonds. The normalized spacial score (nSPS) is 19.8. The smallest absolute Gasteiger partial charge is 0.244 e. The van der Waals surface area contributed by atoms with Crippen LogP contribution in [0.1, 0.15) is 36.9 Å². The predicted octanol–water partition coefficient (Wildman–Crippen LogP) is 4.71. The number of hydrogen-bond acceptors (Lipinski definition) is 4. The van der Waals surface area contributed by atoms with E-state index in [4.69, 9.17) is 11.6 Å². The Kier molecular flexibility index (Phi) is 6.57. The van der Waals surface area contributed by atoms with Gasteiger partial charge in [-0.05, 0) is 55.2 Å². The summed E-state index contributed by atoms with van der Waals surface area (Å²) in [5.74, 6) is -0.147. The number of aromatic nitrogens is 2. The Morgan fingerprint density at radius 2 is 1.94 bits per heavy atom. The molecule has 9 heteroatoms. The molecule has 1 aromatic heterocycles. The molecule has 2 aromatic carbocycles. The van der Waals surface area contributed by atoms with Crippen molar-refractivity contribution in [2.45, 2.75) is 37.0 Å². The van der Waals surface area contributed by atoms with Crippen LogP contribution >= 0.6 is 11.6 Å². The number of aliphatic hydroxyl groups is 1. The van der Waals surface area contributed by atoms with Crippen molar-refractivity contribution in [3.05, 3.63) is 88.0 Å². The molecule has 0 aliphatic heterocycles. The molecule has 0 fully saturated rings. The quantitative estimate of drug-likeness (QED) is 0.462. The summed E-state index contributed by atoms with van der Waals surface area (Å²) in [6.45, 7) is 2.17. The number of aliphatic hydroxyl groups excluding tert-OH is 1. The molecule has 6 nitrogen and oxygen atoms in total. The van der Waals surface area contributed by atoms with Gasteiger partial charge in [0, 0.05) is 31.0 Å². The van der Waals surface area contributed by atoms with E-state index in [1.54, 1.807) is 30.3 Å². The molecule has 5 rings (SSSR count). The standard InChI is InChI=1S/C26H27ClFN3O3S/c1-17-22-15-29-31(21-10-8-20(28)9-11-21)24(22)14-18-6-7-19(26(17)18)16-30(12-13-32)35(33,34)25-5-3-2-4-23(25)27/h2-5,8-11,15,17,19,32H,6-7,12-14,16H2,1H3/t17-,19+/m0/s1. The predicted molar refractivity (Wildman–Crippen MR) is 133 cm³/mol. The number of benzene rings is 2. The first kappa shape index (κ1) is 24.2. The van der Waals surface area contributed by atoms with Gasteiger partial charge in [-0.25, -0.2) is 17.5 Å². The maximum atomic E-state index is 13.4. The topological polar surface area (TPSA) is 75.4 Å². The Hall–Kier alpha value is -2.52. The molecule has 0 saturated heterocycles. The summed E-state index contributed by atoms with van der Waals surface area (Å²) < 4.78 is 43.5. The van der Waals surface area contributed by atoms with Crippen LogP contribution in [0.2, 0.25) is 5.02 Å². The fraction of sp³-hybridized carbons (Fsp3) is 0.346. The number of fused-ring (bicyclic) bond motifs is 1. The second-order valence-electron chi connectivity index (χ2n) is 9.14. The van der Waals surface area contributed by atoms with Crippen LogP contribution in [0.5, 0.6) is 0 Å². The fourth-order valence-electron chi connectivity index (χ4n) is 5.54. The fourth-order valence-corrected chi connectivity index (χ4v) is 7.51. The maximum absolute atomic E-state index is 13.4. The molecule has 35 heavy (non-hydrogen) atoms. The minimum Gasteiger partial charge on any atom is -0.395 e. The molecule has 0 bridgehead atoms. The third-order valence-corrected chi connectivity index (χ3v) is 9.52. The van der Waals surface area contributed by atoms with Crippen LogP contribution in [-0.4, -0.2) is 47.3 Å². The number of rotatable bonds is 7. The summed E-state index contributed by atoms with van der Waals surface area (Å²) in [5.41, 5.74) is 5.62. The zero-order valence-corrected chi connectivity index (χ0v) is 20.9. The van der Waals surface area contributed by atoms with E-state index in [9.17, 15) is 17.9 Å². The lowest BCUT2D eigenvalue weighted by Crippen LogP contribution is -2.38. The van der Waals surface area contributed by atoms with E-state index in [0.717, 1.165) is 36.2 Å². The Morgan fingerprint density at radius 3 is 2.66 bits per heavy atom. The van der Waals surface area contributed by atoms with E-state index < -0.39 is 10.0 Å². The number of nitrogens with zero attached hydrogens (tertiary/aromatic N) is 3. The van der Waals surface area contributed by atoms with Crippen molar-refractivity contribution in [3.8, 4) is 5.69 Å². The maximum Gasteiger partial charge on any atom is 0.244 e. The monoisotopic (exact) mass is 515 g/mol. The number of allylic oxidation sites excluding steroid dienone is 1. The number of hydrogen-bond donors (Lipinski definition) is 1. The highest BCUT2D eigenvalue weighted by Gasteiger charge is 2.38. The van der Waals surface area contributed by atoms with Crippen LogP contribution in [0, 0.1) is 11.7 Å².